The third kappa shape index (κ3) is 5.27. The number of fused-ring (bicyclic) bond motifs is 3. The molecule has 0 aromatic carbocycles. The zero-order valence-electron chi connectivity index (χ0n) is 21.2. The van der Waals surface area contributed by atoms with Crippen molar-refractivity contribution >= 4 is 30.0 Å². The number of nitrogens with zero attached hydrogens (tertiary/aromatic N) is 5. The summed E-state index contributed by atoms with van der Waals surface area (Å²) in [6, 6.07) is 7.07. The zero-order valence-corrected chi connectivity index (χ0v) is 22.2. The molecule has 1 aliphatic heterocycles. The smallest absolute Gasteiger partial charge is 0.146 e. The van der Waals surface area contributed by atoms with Gasteiger partial charge in [0.1, 0.15) is 29.9 Å². The Labute approximate surface area is 203 Å². The van der Waals surface area contributed by atoms with Gasteiger partial charge in [-0.15, -0.1) is 0 Å². The number of ether oxygens (including phenoxy) is 2. The number of aromatic nitrogens is 3. The molecule has 182 valence electrons. The molecular formula is C26H37N5O2Si. The number of likely N-dealkylation sites (tertiary alicyclic amines) is 1. The summed E-state index contributed by atoms with van der Waals surface area (Å²) in [5.74, 6) is 0.817. The van der Waals surface area contributed by atoms with Crippen molar-refractivity contribution in [2.24, 2.45) is 5.41 Å². The minimum Gasteiger partial charge on any atom is -0.492 e. The van der Waals surface area contributed by atoms with Gasteiger partial charge in [0, 0.05) is 31.7 Å². The molecule has 0 unspecified atom stereocenters. The van der Waals surface area contributed by atoms with E-state index in [-0.39, 0.29) is 5.41 Å². The largest absolute Gasteiger partial charge is 0.492 e. The van der Waals surface area contributed by atoms with Crippen LogP contribution in [0.25, 0.3) is 21.9 Å². The van der Waals surface area contributed by atoms with E-state index in [4.69, 9.17) is 14.5 Å². The molecule has 3 aromatic heterocycles. The maximum Gasteiger partial charge on any atom is 0.146 e. The summed E-state index contributed by atoms with van der Waals surface area (Å²) in [5, 5.41) is 11.3. The van der Waals surface area contributed by atoms with Gasteiger partial charge in [-0.25, -0.2) is 9.97 Å². The van der Waals surface area contributed by atoms with Crippen molar-refractivity contribution in [3.63, 3.8) is 0 Å². The fourth-order valence-corrected chi connectivity index (χ4v) is 5.40. The van der Waals surface area contributed by atoms with E-state index in [1.807, 2.05) is 12.1 Å². The van der Waals surface area contributed by atoms with Gasteiger partial charge in [0.15, 0.2) is 0 Å². The highest BCUT2D eigenvalue weighted by molar-refractivity contribution is 6.76. The van der Waals surface area contributed by atoms with Gasteiger partial charge < -0.3 is 14.4 Å². The monoisotopic (exact) mass is 479 g/mol. The normalized spacial score (nSPS) is 16.7. The highest BCUT2D eigenvalue weighted by atomic mass is 28.3. The topological polar surface area (TPSA) is 76.2 Å². The summed E-state index contributed by atoms with van der Waals surface area (Å²) in [5.41, 5.74) is 2.31. The molecule has 7 nitrogen and oxygen atoms in total. The van der Waals surface area contributed by atoms with Crippen LogP contribution in [-0.2, 0) is 11.5 Å². The van der Waals surface area contributed by atoms with Crippen molar-refractivity contribution in [1.82, 2.24) is 19.4 Å². The molecule has 0 aliphatic carbocycles. The standard InChI is InChI=1S/C26H37N5O2Si/c1-6-26(8-11-30(2)12-9-26)18-33-23-7-10-28-25-24(23)21-15-20(16-27)29-17-22(21)31(25)19-32-13-14-34(3,4)5/h7,10,15,17H,6,8-9,11-14,18-19H2,1-5H3. The zero-order chi connectivity index (χ0) is 24.3. The molecule has 0 N–H and O–H groups in total. The highest BCUT2D eigenvalue weighted by Gasteiger charge is 2.33. The fraction of sp³-hybridized carbons (Fsp3) is 0.577. The highest BCUT2D eigenvalue weighted by Crippen LogP contribution is 2.38. The van der Waals surface area contributed by atoms with E-state index < -0.39 is 8.07 Å². The number of nitriles is 1. The number of rotatable bonds is 9. The van der Waals surface area contributed by atoms with Crippen LogP contribution in [0, 0.1) is 16.7 Å². The third-order valence-electron chi connectivity index (χ3n) is 7.25. The molecule has 1 fully saturated rings. The first-order chi connectivity index (χ1) is 16.3. The van der Waals surface area contributed by atoms with Crippen LogP contribution < -0.4 is 4.74 Å². The number of hydrogen-bond acceptors (Lipinski definition) is 6. The first-order valence-corrected chi connectivity index (χ1v) is 16.0. The second-order valence-corrected chi connectivity index (χ2v) is 16.5. The van der Waals surface area contributed by atoms with Crippen LogP contribution in [0.4, 0.5) is 0 Å². The summed E-state index contributed by atoms with van der Waals surface area (Å²) in [6.07, 6.45) is 6.95. The Kier molecular flexibility index (Phi) is 7.27. The van der Waals surface area contributed by atoms with E-state index in [1.165, 1.54) is 0 Å². The van der Waals surface area contributed by atoms with E-state index in [2.05, 4.69) is 54.1 Å². The average molecular weight is 480 g/mol. The molecule has 1 aliphatic rings. The van der Waals surface area contributed by atoms with Crippen molar-refractivity contribution in [2.75, 3.05) is 33.4 Å². The summed E-state index contributed by atoms with van der Waals surface area (Å²) in [6.45, 7) is 13.3. The van der Waals surface area contributed by atoms with Crippen LogP contribution in [0.1, 0.15) is 31.9 Å². The lowest BCUT2D eigenvalue weighted by Gasteiger charge is -2.39. The Morgan fingerprint density at radius 2 is 1.97 bits per heavy atom. The van der Waals surface area contributed by atoms with Gasteiger partial charge in [0.25, 0.3) is 0 Å². The number of hydrogen-bond donors (Lipinski definition) is 0. The van der Waals surface area contributed by atoms with Gasteiger partial charge in [-0.2, -0.15) is 5.26 Å². The molecule has 0 spiro atoms. The molecule has 4 rings (SSSR count). The summed E-state index contributed by atoms with van der Waals surface area (Å²) in [4.78, 5) is 11.4. The molecular weight excluding hydrogens is 442 g/mol. The Hall–Kier alpha value is -2.47. The maximum atomic E-state index is 9.46. The van der Waals surface area contributed by atoms with E-state index in [9.17, 15) is 5.26 Å². The lowest BCUT2D eigenvalue weighted by molar-refractivity contribution is 0.0615. The van der Waals surface area contributed by atoms with Crippen molar-refractivity contribution < 1.29 is 9.47 Å². The lowest BCUT2D eigenvalue weighted by Crippen LogP contribution is -2.41. The quantitative estimate of drug-likeness (QED) is 0.307. The van der Waals surface area contributed by atoms with Crippen molar-refractivity contribution in [3.05, 3.63) is 30.2 Å². The van der Waals surface area contributed by atoms with E-state index >= 15 is 0 Å². The predicted octanol–water partition coefficient (Wildman–Crippen LogP) is 5.27. The molecule has 0 saturated carbocycles. The van der Waals surface area contributed by atoms with Crippen molar-refractivity contribution in [2.45, 2.75) is 58.6 Å². The molecule has 0 amide bonds. The van der Waals surface area contributed by atoms with Crippen LogP contribution in [0.15, 0.2) is 24.5 Å². The van der Waals surface area contributed by atoms with Crippen LogP contribution in [-0.4, -0.2) is 60.9 Å². The molecule has 8 heteroatoms. The van der Waals surface area contributed by atoms with Gasteiger partial charge in [-0.1, -0.05) is 26.6 Å². The van der Waals surface area contributed by atoms with E-state index in [0.717, 1.165) is 72.7 Å². The molecule has 0 radical (unpaired) electrons. The van der Waals surface area contributed by atoms with Crippen LogP contribution in [0.2, 0.25) is 25.7 Å². The van der Waals surface area contributed by atoms with Crippen molar-refractivity contribution in [3.8, 4) is 11.8 Å². The Morgan fingerprint density at radius 3 is 2.65 bits per heavy atom. The first-order valence-electron chi connectivity index (χ1n) is 12.3. The van der Waals surface area contributed by atoms with Gasteiger partial charge in [0.2, 0.25) is 0 Å². The van der Waals surface area contributed by atoms with Crippen LogP contribution in [0.5, 0.6) is 5.75 Å². The van der Waals surface area contributed by atoms with Crippen LogP contribution in [0.3, 0.4) is 0 Å². The third-order valence-corrected chi connectivity index (χ3v) is 8.96. The molecule has 0 atom stereocenters. The second kappa shape index (κ2) is 10.0. The van der Waals surface area contributed by atoms with E-state index in [0.29, 0.717) is 19.0 Å². The minimum atomic E-state index is -1.17. The van der Waals surface area contributed by atoms with E-state index in [1.54, 1.807) is 12.4 Å². The Bertz CT molecular complexity index is 1190. The fourth-order valence-electron chi connectivity index (χ4n) is 4.64. The van der Waals surface area contributed by atoms with Gasteiger partial charge in [-0.3, -0.25) is 4.57 Å². The number of piperidine rings is 1. The number of pyridine rings is 2. The molecule has 34 heavy (non-hydrogen) atoms. The van der Waals surface area contributed by atoms with Gasteiger partial charge in [0.05, 0.1) is 23.7 Å². The molecule has 4 heterocycles. The Balaban J connectivity index is 1.67. The minimum absolute atomic E-state index is 0.194. The summed E-state index contributed by atoms with van der Waals surface area (Å²) < 4.78 is 14.7. The second-order valence-electron chi connectivity index (χ2n) is 10.9. The van der Waals surface area contributed by atoms with Gasteiger partial charge >= 0.3 is 0 Å². The van der Waals surface area contributed by atoms with Gasteiger partial charge in [-0.05, 0) is 57.6 Å². The molecule has 0 bridgehead atoms. The maximum absolute atomic E-state index is 9.46. The van der Waals surface area contributed by atoms with Crippen LogP contribution >= 0.6 is 0 Å². The first kappa shape index (κ1) is 24.6. The SMILES string of the molecule is CCC1(COc2ccnc3c2c2cc(C#N)ncc2n3COCC[Si](C)(C)C)CCN(C)CC1. The lowest BCUT2D eigenvalue weighted by atomic mass is 9.77. The Morgan fingerprint density at radius 1 is 1.21 bits per heavy atom. The summed E-state index contributed by atoms with van der Waals surface area (Å²) in [7, 11) is 1.02. The summed E-state index contributed by atoms with van der Waals surface area (Å²) >= 11 is 0. The predicted molar refractivity (Wildman–Crippen MR) is 139 cm³/mol. The van der Waals surface area contributed by atoms with Crippen molar-refractivity contribution in [1.29, 1.82) is 5.26 Å². The molecule has 1 saturated heterocycles. The molecule has 3 aromatic rings. The average Bonchev–Trinajstić information content (AvgIpc) is 3.14.